The van der Waals surface area contributed by atoms with Gasteiger partial charge in [-0.15, -0.1) is 4.68 Å². The summed E-state index contributed by atoms with van der Waals surface area (Å²) in [6, 6.07) is 6.20. The first kappa shape index (κ1) is 31.3. The van der Waals surface area contributed by atoms with E-state index in [-0.39, 0.29) is 29.6 Å². The summed E-state index contributed by atoms with van der Waals surface area (Å²) in [6.07, 6.45) is 11.8. The quantitative estimate of drug-likeness (QED) is 0.185. The van der Waals surface area contributed by atoms with Crippen molar-refractivity contribution in [3.05, 3.63) is 48.3 Å². The maximum absolute atomic E-state index is 13.4. The van der Waals surface area contributed by atoms with E-state index >= 15 is 0 Å². The summed E-state index contributed by atoms with van der Waals surface area (Å²) in [6.45, 7) is 6.75. The molecule has 3 aromatic rings. The minimum absolute atomic E-state index is 0.00782. The molecule has 0 unspecified atom stereocenters. The summed E-state index contributed by atoms with van der Waals surface area (Å²) >= 11 is 0. The molecule has 2 aliphatic heterocycles. The Morgan fingerprint density at radius 1 is 1.09 bits per heavy atom. The second-order valence-electron chi connectivity index (χ2n) is 12.5. The molecule has 0 spiro atoms. The van der Waals surface area contributed by atoms with Crippen LogP contribution < -0.4 is 25.5 Å². The Kier molecular flexibility index (Phi) is 9.36. The Morgan fingerprint density at radius 3 is 2.52 bits per heavy atom. The Bertz CT molecular complexity index is 1600. The number of hydrogen-bond acceptors (Lipinski definition) is 9. The van der Waals surface area contributed by atoms with Gasteiger partial charge in [0.25, 0.3) is 11.8 Å². The third-order valence-corrected chi connectivity index (χ3v) is 9.37. The molecule has 46 heavy (non-hydrogen) atoms. The Balaban J connectivity index is 1.05. The summed E-state index contributed by atoms with van der Waals surface area (Å²) in [4.78, 5) is 47.4. The Labute approximate surface area is 268 Å². The Hall–Kier alpha value is -4.68. The van der Waals surface area contributed by atoms with Gasteiger partial charge in [0.2, 0.25) is 5.91 Å². The lowest BCUT2D eigenvalue weighted by atomic mass is 9.81. The second kappa shape index (κ2) is 13.8. The van der Waals surface area contributed by atoms with Crippen molar-refractivity contribution < 1.29 is 23.8 Å². The van der Waals surface area contributed by atoms with Crippen LogP contribution in [0, 0.1) is 11.8 Å². The first-order valence-corrected chi connectivity index (χ1v) is 16.4. The molecule has 1 aromatic carbocycles. The number of imide groups is 1. The van der Waals surface area contributed by atoms with Crippen LogP contribution in [-0.2, 0) is 20.9 Å². The lowest BCUT2D eigenvalue weighted by Gasteiger charge is -2.39. The fraction of sp³-hybridized carbons (Fsp3) is 0.515. The number of hydrogen-bond donors (Lipinski definition) is 2. The van der Waals surface area contributed by atoms with Crippen LogP contribution in [-0.4, -0.2) is 88.7 Å². The molecule has 1 aliphatic carbocycles. The lowest BCUT2D eigenvalue weighted by Crippen LogP contribution is -2.51. The topological polar surface area (TPSA) is 143 Å². The van der Waals surface area contributed by atoms with E-state index in [4.69, 9.17) is 15.6 Å². The lowest BCUT2D eigenvalue weighted by molar-refractivity contribution is -0.625. The molecule has 3 amide bonds. The van der Waals surface area contributed by atoms with Gasteiger partial charge in [-0.3, -0.25) is 24.7 Å². The van der Waals surface area contributed by atoms with Crippen LogP contribution in [0.15, 0.2) is 42.7 Å². The number of methoxy groups -OCH3 is 1. The highest BCUT2D eigenvalue weighted by Gasteiger charge is 2.34. The second-order valence-corrected chi connectivity index (χ2v) is 12.5. The van der Waals surface area contributed by atoms with E-state index in [1.165, 1.54) is 17.1 Å². The van der Waals surface area contributed by atoms with E-state index in [1.54, 1.807) is 13.3 Å². The largest absolute Gasteiger partial charge is 0.496 e. The van der Waals surface area contributed by atoms with Crippen molar-refractivity contribution >= 4 is 40.4 Å². The summed E-state index contributed by atoms with van der Waals surface area (Å²) in [5.74, 6) is 1.24. The molecule has 2 fully saturated rings. The van der Waals surface area contributed by atoms with Gasteiger partial charge in [-0.2, -0.15) is 4.68 Å². The van der Waals surface area contributed by atoms with Crippen LogP contribution in [0.2, 0.25) is 0 Å². The summed E-state index contributed by atoms with van der Waals surface area (Å²) in [5, 5.41) is 4.81. The number of nitrogens with two attached hydrogens (primary N) is 1. The van der Waals surface area contributed by atoms with Gasteiger partial charge in [0.1, 0.15) is 5.75 Å². The fourth-order valence-corrected chi connectivity index (χ4v) is 6.75. The number of amides is 3. The van der Waals surface area contributed by atoms with E-state index in [9.17, 15) is 14.4 Å². The van der Waals surface area contributed by atoms with Crippen molar-refractivity contribution in [1.82, 2.24) is 24.6 Å². The number of fused-ring (bicyclic) bond motifs is 1. The number of unbranched alkanes of at least 4 members (excludes halogenated alkanes) is 1. The molecule has 6 rings (SSSR count). The number of nitrogens with one attached hydrogen (secondary N) is 1. The molecule has 1 saturated heterocycles. The molecular weight excluding hydrogens is 586 g/mol. The van der Waals surface area contributed by atoms with Crippen LogP contribution in [0.3, 0.4) is 0 Å². The third kappa shape index (κ3) is 6.77. The number of benzene rings is 1. The predicted molar refractivity (Wildman–Crippen MR) is 173 cm³/mol. The molecule has 0 bridgehead atoms. The molecule has 13 heteroatoms. The zero-order valence-corrected chi connectivity index (χ0v) is 26.7. The van der Waals surface area contributed by atoms with Gasteiger partial charge in [0.05, 0.1) is 31.5 Å². The molecule has 2 aromatic heterocycles. The molecular formula is C33H44N9O4+. The van der Waals surface area contributed by atoms with E-state index in [0.717, 1.165) is 75.2 Å². The molecule has 3 N–H and O–H groups in total. The number of nitrogen functional groups attached to an aromatic ring is 1. The monoisotopic (exact) mass is 630 g/mol. The molecule has 3 aliphatic rings. The zero-order chi connectivity index (χ0) is 32.2. The predicted octanol–water partition coefficient (Wildman–Crippen LogP) is 2.08. The van der Waals surface area contributed by atoms with Crippen LogP contribution >= 0.6 is 0 Å². The van der Waals surface area contributed by atoms with Gasteiger partial charge >= 0.3 is 5.65 Å². The van der Waals surface area contributed by atoms with Crippen molar-refractivity contribution in [2.24, 2.45) is 11.8 Å². The van der Waals surface area contributed by atoms with Gasteiger partial charge in [0.15, 0.2) is 17.5 Å². The number of anilines is 2. The van der Waals surface area contributed by atoms with Crippen LogP contribution in [0.4, 0.5) is 11.5 Å². The smallest absolute Gasteiger partial charge is 0.398 e. The first-order chi connectivity index (χ1) is 22.3. The van der Waals surface area contributed by atoms with Gasteiger partial charge in [-0.1, -0.05) is 13.3 Å². The minimum atomic E-state index is -0.230. The van der Waals surface area contributed by atoms with Crippen molar-refractivity contribution in [3.63, 3.8) is 0 Å². The maximum atomic E-state index is 13.4. The zero-order valence-electron chi connectivity index (χ0n) is 26.7. The number of carbonyl (C=O) groups is 3. The molecule has 13 nitrogen and oxygen atoms in total. The average molecular weight is 631 g/mol. The molecule has 0 atom stereocenters. The number of piperazine rings is 1. The van der Waals surface area contributed by atoms with Crippen LogP contribution in [0.5, 0.6) is 5.75 Å². The number of carbonyl (C=O) groups excluding carboxylic acids is 3. The van der Waals surface area contributed by atoms with Crippen molar-refractivity contribution in [2.75, 3.05) is 62.4 Å². The number of ether oxygens (including phenoxy) is 1. The molecule has 1 saturated carbocycles. The highest BCUT2D eigenvalue weighted by molar-refractivity contribution is 6.12. The van der Waals surface area contributed by atoms with E-state index in [0.29, 0.717) is 43.2 Å². The summed E-state index contributed by atoms with van der Waals surface area (Å²) in [7, 11) is 1.67. The SMILES string of the molecule is CCCCN[n+]1cc(N)nc2cn(Cc3cc(N4CCN(C(=O)C5CCC(CN6C(=O)C=CC6=O)CC5)CC4)ccc3OC)nc21. The standard InChI is InChI=1S/C33H44N9O4/c1-3-4-13-35-42-22-29(34)36-27-21-40(37-32(27)42)20-25-18-26(9-10-28(25)46-2)38-14-16-39(17-15-38)33(45)24-7-5-23(6-8-24)19-41-30(43)11-12-31(41)44/h9-12,18,21-24,35H,3-8,13-17,19-20H2,1-2H3,(H2,34,36)/q+1. The minimum Gasteiger partial charge on any atom is -0.496 e. The van der Waals surface area contributed by atoms with E-state index in [2.05, 4.69) is 34.4 Å². The third-order valence-electron chi connectivity index (χ3n) is 9.37. The summed E-state index contributed by atoms with van der Waals surface area (Å²) in [5.41, 5.74) is 12.9. The normalized spacial score (nSPS) is 20.2. The highest BCUT2D eigenvalue weighted by atomic mass is 16.5. The van der Waals surface area contributed by atoms with Gasteiger partial charge in [-0.25, -0.2) is 4.98 Å². The van der Waals surface area contributed by atoms with Crippen LogP contribution in [0.25, 0.3) is 11.2 Å². The van der Waals surface area contributed by atoms with Crippen molar-refractivity contribution in [2.45, 2.75) is 52.0 Å². The van der Waals surface area contributed by atoms with E-state index in [1.807, 2.05) is 26.5 Å². The number of nitrogens with zero attached hydrogens (tertiary/aromatic N) is 7. The first-order valence-electron chi connectivity index (χ1n) is 16.4. The van der Waals surface area contributed by atoms with Gasteiger partial charge < -0.3 is 20.3 Å². The Morgan fingerprint density at radius 2 is 1.83 bits per heavy atom. The number of rotatable bonds is 11. The van der Waals surface area contributed by atoms with Crippen molar-refractivity contribution in [3.8, 4) is 5.75 Å². The van der Waals surface area contributed by atoms with E-state index < -0.39 is 0 Å². The van der Waals surface area contributed by atoms with Gasteiger partial charge in [0, 0.05) is 62.0 Å². The maximum Gasteiger partial charge on any atom is 0.398 e. The highest BCUT2D eigenvalue weighted by Crippen LogP contribution is 2.32. The average Bonchev–Trinajstić information content (AvgIpc) is 3.62. The molecule has 244 valence electrons. The number of aromatic nitrogens is 4. The van der Waals surface area contributed by atoms with Crippen LogP contribution in [0.1, 0.15) is 51.0 Å². The van der Waals surface area contributed by atoms with Crippen molar-refractivity contribution in [1.29, 1.82) is 0 Å². The molecule has 4 heterocycles. The molecule has 0 radical (unpaired) electrons. The summed E-state index contributed by atoms with van der Waals surface area (Å²) < 4.78 is 9.42. The van der Waals surface area contributed by atoms with Gasteiger partial charge in [-0.05, 0) is 56.2 Å². The fourth-order valence-electron chi connectivity index (χ4n) is 6.75.